The van der Waals surface area contributed by atoms with E-state index in [2.05, 4.69) is 5.32 Å². The number of anilines is 1. The Labute approximate surface area is 180 Å². The molecule has 3 rings (SSSR count). The van der Waals surface area contributed by atoms with Gasteiger partial charge in [0, 0.05) is 18.3 Å². The Balaban J connectivity index is 1.97. The number of nitrogens with zero attached hydrogens (tertiary/aromatic N) is 1. The molecule has 2 amide bonds. The number of aryl methyl sites for hydroxylation is 1. The van der Waals surface area contributed by atoms with E-state index in [4.69, 9.17) is 9.47 Å². The first kappa shape index (κ1) is 22.6. The highest BCUT2D eigenvalue weighted by Crippen LogP contribution is 2.37. The maximum atomic E-state index is 13.1. The van der Waals surface area contributed by atoms with Crippen molar-refractivity contribution in [2.45, 2.75) is 90.9 Å². The van der Waals surface area contributed by atoms with Crippen LogP contribution in [0.25, 0.3) is 0 Å². The summed E-state index contributed by atoms with van der Waals surface area (Å²) in [4.78, 5) is 27.7. The first-order valence-electron chi connectivity index (χ1n) is 11.1. The Morgan fingerprint density at radius 1 is 1.20 bits per heavy atom. The Hall–Kier alpha value is -2.08. The molecule has 1 N–H and O–H groups in total. The predicted molar refractivity (Wildman–Crippen MR) is 118 cm³/mol. The molecule has 0 unspecified atom stereocenters. The molecule has 1 aliphatic carbocycles. The molecule has 1 saturated carbocycles. The van der Waals surface area contributed by atoms with Crippen LogP contribution in [-0.4, -0.2) is 42.2 Å². The first-order valence-corrected chi connectivity index (χ1v) is 11.1. The zero-order valence-electron chi connectivity index (χ0n) is 19.3. The van der Waals surface area contributed by atoms with Crippen molar-refractivity contribution in [1.82, 2.24) is 4.90 Å². The number of rotatable bonds is 4. The molecule has 2 aliphatic rings. The van der Waals surface area contributed by atoms with E-state index in [1.54, 1.807) is 0 Å². The van der Waals surface area contributed by atoms with Gasteiger partial charge in [0.05, 0.1) is 12.7 Å². The summed E-state index contributed by atoms with van der Waals surface area (Å²) in [5.41, 5.74) is 4.12. The van der Waals surface area contributed by atoms with Crippen molar-refractivity contribution in [3.05, 3.63) is 28.3 Å². The van der Waals surface area contributed by atoms with E-state index >= 15 is 0 Å². The van der Waals surface area contributed by atoms with Crippen molar-refractivity contribution in [2.75, 3.05) is 19.0 Å². The number of benzene rings is 1. The summed E-state index contributed by atoms with van der Waals surface area (Å²) in [5, 5.41) is 3.17. The van der Waals surface area contributed by atoms with Gasteiger partial charge in [-0.2, -0.15) is 0 Å². The van der Waals surface area contributed by atoms with Crippen molar-refractivity contribution in [1.29, 1.82) is 0 Å². The number of carbonyl (C=O) groups excluding carboxylic acids is 2. The fraction of sp³-hybridized carbons (Fsp3) is 0.667. The molecular formula is C24H36N2O4. The van der Waals surface area contributed by atoms with E-state index in [1.807, 2.05) is 45.6 Å². The molecule has 0 bridgehead atoms. The fourth-order valence-electron chi connectivity index (χ4n) is 4.71. The van der Waals surface area contributed by atoms with E-state index < -0.39 is 17.7 Å². The zero-order valence-corrected chi connectivity index (χ0v) is 19.3. The molecule has 0 radical (unpaired) electrons. The fourth-order valence-corrected chi connectivity index (χ4v) is 4.71. The van der Waals surface area contributed by atoms with Crippen LogP contribution in [0.15, 0.2) is 6.07 Å². The molecule has 1 heterocycles. The minimum Gasteiger partial charge on any atom is -0.467 e. The molecule has 0 spiro atoms. The molecule has 166 valence electrons. The molecule has 0 aromatic heterocycles. The minimum absolute atomic E-state index is 0.0355. The third-order valence-electron chi connectivity index (χ3n) is 6.24. The second kappa shape index (κ2) is 8.96. The number of esters is 1. The van der Waals surface area contributed by atoms with Gasteiger partial charge in [0.25, 0.3) is 0 Å². The van der Waals surface area contributed by atoms with Gasteiger partial charge in [-0.05, 0) is 76.1 Å². The Morgan fingerprint density at radius 2 is 1.87 bits per heavy atom. The lowest BCUT2D eigenvalue weighted by Crippen LogP contribution is -2.43. The Kier molecular flexibility index (Phi) is 6.75. The minimum atomic E-state index is -0.839. The summed E-state index contributed by atoms with van der Waals surface area (Å²) in [5.74, 6) is -0.434. The van der Waals surface area contributed by atoms with Crippen molar-refractivity contribution in [3.63, 3.8) is 0 Å². The molecule has 1 atom stereocenters. The van der Waals surface area contributed by atoms with Crippen molar-refractivity contribution in [3.8, 4) is 0 Å². The molecule has 1 aromatic rings. The summed E-state index contributed by atoms with van der Waals surface area (Å²) < 4.78 is 11.1. The van der Waals surface area contributed by atoms with E-state index in [1.165, 1.54) is 26.4 Å². The second-order valence-corrected chi connectivity index (χ2v) is 9.56. The molecule has 1 fully saturated rings. The molecular weight excluding hydrogens is 380 g/mol. The molecule has 1 aliphatic heterocycles. The van der Waals surface area contributed by atoms with E-state index in [0.29, 0.717) is 6.04 Å². The van der Waals surface area contributed by atoms with Crippen LogP contribution in [0.4, 0.5) is 10.5 Å². The van der Waals surface area contributed by atoms with Crippen LogP contribution in [0.3, 0.4) is 0 Å². The normalized spacial score (nSPS) is 19.0. The molecule has 6 heteroatoms. The Morgan fingerprint density at radius 3 is 2.47 bits per heavy atom. The average Bonchev–Trinajstić information content (AvgIpc) is 2.88. The van der Waals surface area contributed by atoms with Crippen LogP contribution in [-0.2, 0) is 20.7 Å². The average molecular weight is 417 g/mol. The predicted octanol–water partition coefficient (Wildman–Crippen LogP) is 5.06. The highest BCUT2D eigenvalue weighted by atomic mass is 16.6. The number of methoxy groups -OCH3 is 1. The van der Waals surface area contributed by atoms with Crippen molar-refractivity contribution in [2.24, 2.45) is 0 Å². The maximum Gasteiger partial charge on any atom is 0.339 e. The monoisotopic (exact) mass is 416 g/mol. The smallest absolute Gasteiger partial charge is 0.339 e. The largest absolute Gasteiger partial charge is 0.467 e. The van der Waals surface area contributed by atoms with Gasteiger partial charge in [-0.3, -0.25) is 0 Å². The standard InChI is InChI=1S/C24H36N2O4/c1-15-14-19(21(22(27)29-6)30-24(3,4)5)16(2)20-18(15)12-13-26(23(28)25-20)17-10-8-7-9-11-17/h14,17,21H,7-13H2,1-6H3,(H,25,28)/t21-/m0/s1. The van der Waals surface area contributed by atoms with Crippen LogP contribution in [0, 0.1) is 13.8 Å². The number of urea groups is 1. The number of amides is 2. The van der Waals surface area contributed by atoms with Crippen LogP contribution >= 0.6 is 0 Å². The SMILES string of the molecule is COC(=O)[C@@H](OC(C)(C)C)c1cc(C)c2c(c1C)NC(=O)N(C1CCCCC1)CC2. The highest BCUT2D eigenvalue weighted by molar-refractivity contribution is 5.93. The summed E-state index contributed by atoms with van der Waals surface area (Å²) in [6.45, 7) is 10.5. The van der Waals surface area contributed by atoms with Crippen molar-refractivity contribution >= 4 is 17.7 Å². The zero-order chi connectivity index (χ0) is 22.1. The van der Waals surface area contributed by atoms with Gasteiger partial charge < -0.3 is 19.7 Å². The lowest BCUT2D eigenvalue weighted by molar-refractivity contribution is -0.164. The van der Waals surface area contributed by atoms with Gasteiger partial charge in [0.15, 0.2) is 6.10 Å². The van der Waals surface area contributed by atoms with Crippen LogP contribution in [0.5, 0.6) is 0 Å². The second-order valence-electron chi connectivity index (χ2n) is 9.56. The lowest BCUT2D eigenvalue weighted by Gasteiger charge is -2.33. The summed E-state index contributed by atoms with van der Waals surface area (Å²) in [7, 11) is 1.37. The van der Waals surface area contributed by atoms with Gasteiger partial charge in [-0.25, -0.2) is 9.59 Å². The van der Waals surface area contributed by atoms with Gasteiger partial charge in [0.1, 0.15) is 0 Å². The van der Waals surface area contributed by atoms with E-state index in [9.17, 15) is 9.59 Å². The summed E-state index contributed by atoms with van der Waals surface area (Å²) in [6, 6.07) is 2.30. The van der Waals surface area contributed by atoms with Gasteiger partial charge in [0.2, 0.25) is 0 Å². The quantitative estimate of drug-likeness (QED) is 0.697. The van der Waals surface area contributed by atoms with E-state index in [-0.39, 0.29) is 6.03 Å². The molecule has 6 nitrogen and oxygen atoms in total. The third-order valence-corrected chi connectivity index (χ3v) is 6.24. The molecule has 0 saturated heterocycles. The van der Waals surface area contributed by atoms with Gasteiger partial charge in [-0.1, -0.05) is 25.3 Å². The number of fused-ring (bicyclic) bond motifs is 1. The summed E-state index contributed by atoms with van der Waals surface area (Å²) >= 11 is 0. The molecule has 1 aromatic carbocycles. The number of nitrogens with one attached hydrogen (secondary N) is 1. The van der Waals surface area contributed by atoms with Gasteiger partial charge in [-0.15, -0.1) is 0 Å². The first-order chi connectivity index (χ1) is 14.1. The maximum absolute atomic E-state index is 13.1. The van der Waals surface area contributed by atoms with Crippen LogP contribution in [0.1, 0.15) is 81.2 Å². The topological polar surface area (TPSA) is 67.9 Å². The number of hydrogen-bond acceptors (Lipinski definition) is 4. The number of carbonyl (C=O) groups is 2. The third kappa shape index (κ3) is 4.80. The summed E-state index contributed by atoms with van der Waals surface area (Å²) in [6.07, 6.45) is 5.77. The molecule has 30 heavy (non-hydrogen) atoms. The van der Waals surface area contributed by atoms with Crippen LogP contribution < -0.4 is 5.32 Å². The highest BCUT2D eigenvalue weighted by Gasteiger charge is 2.33. The Bertz CT molecular complexity index is 806. The van der Waals surface area contributed by atoms with E-state index in [0.717, 1.165) is 53.7 Å². The van der Waals surface area contributed by atoms with Crippen LogP contribution in [0.2, 0.25) is 0 Å². The van der Waals surface area contributed by atoms with Gasteiger partial charge >= 0.3 is 12.0 Å². The number of ether oxygens (including phenoxy) is 2. The van der Waals surface area contributed by atoms with Crippen molar-refractivity contribution < 1.29 is 19.1 Å². The number of hydrogen-bond donors (Lipinski definition) is 1. The lowest BCUT2D eigenvalue weighted by atomic mass is 9.91.